The van der Waals surface area contributed by atoms with Crippen LogP contribution in [0.3, 0.4) is 0 Å². The van der Waals surface area contributed by atoms with Gasteiger partial charge in [-0.1, -0.05) is 12.8 Å². The summed E-state index contributed by atoms with van der Waals surface area (Å²) in [6.45, 7) is 0.786. The molecule has 14 heavy (non-hydrogen) atoms. The normalized spacial score (nSPS) is 15.4. The fourth-order valence-corrected chi connectivity index (χ4v) is 1.39. The van der Waals surface area contributed by atoms with Crippen molar-refractivity contribution in [1.29, 1.82) is 0 Å². The number of benzene rings is 1. The van der Waals surface area contributed by atoms with Gasteiger partial charge in [-0.05, 0) is 24.5 Å². The molecule has 1 fully saturated rings. The van der Waals surface area contributed by atoms with Crippen LogP contribution in [0.1, 0.15) is 19.3 Å². The largest absolute Gasteiger partial charge is 0.494 e. The fraction of sp³-hybridized carbons (Fsp3) is 0.455. The van der Waals surface area contributed by atoms with E-state index in [-0.39, 0.29) is 0 Å². The Labute approximate surface area is 84.0 Å². The first-order chi connectivity index (χ1) is 6.75. The summed E-state index contributed by atoms with van der Waals surface area (Å²) < 4.78 is 5.56. The number of nitrogen functional groups attached to an aromatic ring is 2. The Kier molecular flexibility index (Phi) is 2.48. The van der Waals surface area contributed by atoms with Crippen LogP contribution in [-0.4, -0.2) is 6.61 Å². The summed E-state index contributed by atoms with van der Waals surface area (Å²) in [5.74, 6) is 1.72. The molecule has 1 aromatic carbocycles. The van der Waals surface area contributed by atoms with Gasteiger partial charge in [0.25, 0.3) is 0 Å². The zero-order valence-corrected chi connectivity index (χ0v) is 8.20. The van der Waals surface area contributed by atoms with E-state index in [1.54, 1.807) is 12.1 Å². The average Bonchev–Trinajstić information content (AvgIpc) is 2.95. The van der Waals surface area contributed by atoms with Crippen LogP contribution in [0.15, 0.2) is 18.2 Å². The molecule has 0 aromatic heterocycles. The Morgan fingerprint density at radius 2 is 2.00 bits per heavy atom. The van der Waals surface area contributed by atoms with Gasteiger partial charge in [0.2, 0.25) is 0 Å². The molecule has 0 bridgehead atoms. The van der Waals surface area contributed by atoms with E-state index in [4.69, 9.17) is 16.2 Å². The van der Waals surface area contributed by atoms with Crippen molar-refractivity contribution in [2.75, 3.05) is 18.1 Å². The summed E-state index contributed by atoms with van der Waals surface area (Å²) in [6.07, 6.45) is 3.89. The summed E-state index contributed by atoms with van der Waals surface area (Å²) in [7, 11) is 0. The van der Waals surface area contributed by atoms with Gasteiger partial charge in [-0.15, -0.1) is 0 Å². The lowest BCUT2D eigenvalue weighted by atomic mass is 10.2. The fourth-order valence-electron chi connectivity index (χ4n) is 1.39. The van der Waals surface area contributed by atoms with E-state index < -0.39 is 0 Å². The van der Waals surface area contributed by atoms with Crippen LogP contribution < -0.4 is 16.2 Å². The van der Waals surface area contributed by atoms with Crippen LogP contribution in [0.25, 0.3) is 0 Å². The van der Waals surface area contributed by atoms with E-state index in [0.29, 0.717) is 11.4 Å². The van der Waals surface area contributed by atoms with Crippen molar-refractivity contribution in [3.05, 3.63) is 18.2 Å². The van der Waals surface area contributed by atoms with Gasteiger partial charge in [-0.3, -0.25) is 0 Å². The summed E-state index contributed by atoms with van der Waals surface area (Å²) in [6, 6.07) is 5.42. The van der Waals surface area contributed by atoms with Gasteiger partial charge >= 0.3 is 0 Å². The van der Waals surface area contributed by atoms with E-state index in [9.17, 15) is 0 Å². The van der Waals surface area contributed by atoms with Gasteiger partial charge < -0.3 is 16.2 Å². The highest BCUT2D eigenvalue weighted by molar-refractivity contribution is 5.65. The molecule has 0 amide bonds. The highest BCUT2D eigenvalue weighted by atomic mass is 16.5. The van der Waals surface area contributed by atoms with E-state index >= 15 is 0 Å². The van der Waals surface area contributed by atoms with Crippen LogP contribution in [0.5, 0.6) is 5.75 Å². The number of hydrogen-bond acceptors (Lipinski definition) is 3. The Hall–Kier alpha value is -1.38. The van der Waals surface area contributed by atoms with Gasteiger partial charge in [0, 0.05) is 6.07 Å². The van der Waals surface area contributed by atoms with Gasteiger partial charge in [-0.25, -0.2) is 0 Å². The number of ether oxygens (including phenoxy) is 1. The minimum absolute atomic E-state index is 0.592. The van der Waals surface area contributed by atoms with E-state index in [1.165, 1.54) is 12.8 Å². The van der Waals surface area contributed by atoms with Crippen LogP contribution in [0, 0.1) is 5.92 Å². The van der Waals surface area contributed by atoms with Crippen LogP contribution in [-0.2, 0) is 0 Å². The molecule has 3 heteroatoms. The lowest BCUT2D eigenvalue weighted by molar-refractivity contribution is 0.302. The molecule has 0 unspecified atom stereocenters. The maximum absolute atomic E-state index is 5.66. The topological polar surface area (TPSA) is 61.3 Å². The molecule has 1 saturated carbocycles. The van der Waals surface area contributed by atoms with Gasteiger partial charge in [-0.2, -0.15) is 0 Å². The van der Waals surface area contributed by atoms with Crippen LogP contribution in [0.4, 0.5) is 11.4 Å². The predicted molar refractivity (Wildman–Crippen MR) is 58.1 cm³/mol. The van der Waals surface area contributed by atoms with E-state index in [0.717, 1.165) is 24.7 Å². The number of nitrogens with two attached hydrogens (primary N) is 2. The monoisotopic (exact) mass is 192 g/mol. The van der Waals surface area contributed by atoms with Crippen molar-refractivity contribution in [1.82, 2.24) is 0 Å². The molecule has 1 aliphatic carbocycles. The standard InChI is InChI=1S/C11H16N2O/c12-10-4-3-9(7-11(10)13)14-6-5-8-1-2-8/h3-4,7-8H,1-2,5-6,12-13H2. The second kappa shape index (κ2) is 3.78. The lowest BCUT2D eigenvalue weighted by Gasteiger charge is -2.07. The molecule has 0 radical (unpaired) electrons. The molecular weight excluding hydrogens is 176 g/mol. The Bertz CT molecular complexity index is 321. The molecule has 1 aliphatic rings. The molecule has 0 aliphatic heterocycles. The average molecular weight is 192 g/mol. The van der Waals surface area contributed by atoms with E-state index in [1.807, 2.05) is 6.07 Å². The molecule has 4 N–H and O–H groups in total. The first kappa shape index (κ1) is 9.19. The predicted octanol–water partition coefficient (Wildman–Crippen LogP) is 2.03. The maximum atomic E-state index is 5.66. The molecular formula is C11H16N2O. The molecule has 76 valence electrons. The Morgan fingerprint density at radius 1 is 1.21 bits per heavy atom. The second-order valence-corrected chi connectivity index (χ2v) is 3.87. The van der Waals surface area contributed by atoms with E-state index in [2.05, 4.69) is 0 Å². The first-order valence-electron chi connectivity index (χ1n) is 5.03. The summed E-state index contributed by atoms with van der Waals surface area (Å²) in [5, 5.41) is 0. The minimum atomic E-state index is 0.592. The summed E-state index contributed by atoms with van der Waals surface area (Å²) >= 11 is 0. The van der Waals surface area contributed by atoms with Crippen molar-refractivity contribution >= 4 is 11.4 Å². The van der Waals surface area contributed by atoms with Crippen LogP contribution >= 0.6 is 0 Å². The molecule has 0 atom stereocenters. The van der Waals surface area contributed by atoms with Gasteiger partial charge in [0.1, 0.15) is 5.75 Å². The zero-order chi connectivity index (χ0) is 9.97. The maximum Gasteiger partial charge on any atom is 0.121 e. The zero-order valence-electron chi connectivity index (χ0n) is 8.20. The molecule has 0 spiro atoms. The Balaban J connectivity index is 1.85. The molecule has 3 nitrogen and oxygen atoms in total. The minimum Gasteiger partial charge on any atom is -0.494 e. The third kappa shape index (κ3) is 2.31. The first-order valence-corrected chi connectivity index (χ1v) is 5.03. The van der Waals surface area contributed by atoms with Crippen molar-refractivity contribution < 1.29 is 4.74 Å². The lowest BCUT2D eigenvalue weighted by Crippen LogP contribution is -2.00. The van der Waals surface area contributed by atoms with Crippen LogP contribution in [0.2, 0.25) is 0 Å². The molecule has 0 heterocycles. The quantitative estimate of drug-likeness (QED) is 0.717. The van der Waals surface area contributed by atoms with Crippen molar-refractivity contribution in [3.63, 3.8) is 0 Å². The number of anilines is 2. The van der Waals surface area contributed by atoms with Crippen molar-refractivity contribution in [2.24, 2.45) is 5.92 Å². The smallest absolute Gasteiger partial charge is 0.121 e. The Morgan fingerprint density at radius 3 is 2.64 bits per heavy atom. The molecule has 2 rings (SSSR count). The third-order valence-electron chi connectivity index (χ3n) is 2.55. The number of rotatable bonds is 4. The van der Waals surface area contributed by atoms with Crippen molar-refractivity contribution in [3.8, 4) is 5.75 Å². The summed E-state index contributed by atoms with van der Waals surface area (Å²) in [4.78, 5) is 0. The molecule has 1 aromatic rings. The van der Waals surface area contributed by atoms with Gasteiger partial charge in [0.15, 0.2) is 0 Å². The third-order valence-corrected chi connectivity index (χ3v) is 2.55. The number of hydrogen-bond donors (Lipinski definition) is 2. The SMILES string of the molecule is Nc1ccc(OCCC2CC2)cc1N. The van der Waals surface area contributed by atoms with Crippen molar-refractivity contribution in [2.45, 2.75) is 19.3 Å². The second-order valence-electron chi connectivity index (χ2n) is 3.87. The summed E-state index contributed by atoms with van der Waals surface area (Å²) in [5.41, 5.74) is 12.5. The van der Waals surface area contributed by atoms with Gasteiger partial charge in [0.05, 0.1) is 18.0 Å². The highest BCUT2D eigenvalue weighted by Gasteiger charge is 2.20. The molecule has 0 saturated heterocycles. The highest BCUT2D eigenvalue weighted by Crippen LogP contribution is 2.32.